The Hall–Kier alpha value is -2.78. The van der Waals surface area contributed by atoms with E-state index < -0.39 is 15.9 Å². The molecule has 0 bridgehead atoms. The highest BCUT2D eigenvalue weighted by Crippen LogP contribution is 2.30. The van der Waals surface area contributed by atoms with Crippen molar-refractivity contribution in [2.24, 2.45) is 5.14 Å². The van der Waals surface area contributed by atoms with Crippen molar-refractivity contribution < 1.29 is 22.7 Å². The minimum absolute atomic E-state index is 0.0351. The number of primary sulfonamides is 1. The van der Waals surface area contributed by atoms with Crippen LogP contribution in [0.25, 0.3) is 0 Å². The summed E-state index contributed by atoms with van der Waals surface area (Å²) in [4.78, 5) is 12.1. The summed E-state index contributed by atoms with van der Waals surface area (Å²) in [6.45, 7) is 3.49. The van der Waals surface area contributed by atoms with Crippen LogP contribution in [0.15, 0.2) is 59.5 Å². The molecule has 0 heterocycles. The van der Waals surface area contributed by atoms with Crippen molar-refractivity contribution in [3.63, 3.8) is 0 Å². The van der Waals surface area contributed by atoms with E-state index in [4.69, 9.17) is 37.8 Å². The van der Waals surface area contributed by atoms with Gasteiger partial charge in [0.2, 0.25) is 10.0 Å². The number of nitrogens with two attached hydrogens (primary N) is 1. The summed E-state index contributed by atoms with van der Waals surface area (Å²) in [5.41, 5.74) is 2.07. The maximum absolute atomic E-state index is 12.3. The van der Waals surface area contributed by atoms with Crippen LogP contribution in [0.5, 0.6) is 17.2 Å². The molecule has 7 nitrogen and oxygen atoms in total. The highest BCUT2D eigenvalue weighted by Gasteiger charge is 2.13. The molecule has 0 aromatic heterocycles. The molecule has 0 unspecified atom stereocenters. The predicted octanol–water partition coefficient (Wildman–Crippen LogP) is 5.07. The largest absolute Gasteiger partial charge is 0.484 e. The van der Waals surface area contributed by atoms with Gasteiger partial charge in [-0.15, -0.1) is 0 Å². The normalized spacial score (nSPS) is 11.2. The van der Waals surface area contributed by atoms with Crippen LogP contribution in [0.4, 0.5) is 5.69 Å². The summed E-state index contributed by atoms with van der Waals surface area (Å²) in [5, 5.41) is 8.23. The van der Waals surface area contributed by atoms with Gasteiger partial charge in [0.1, 0.15) is 17.2 Å². The summed E-state index contributed by atoms with van der Waals surface area (Å²) >= 11 is 12.1. The third-order valence-corrected chi connectivity index (χ3v) is 5.63. The van der Waals surface area contributed by atoms with Crippen molar-refractivity contribution in [2.45, 2.75) is 18.7 Å². The second kappa shape index (κ2) is 9.79. The summed E-state index contributed by atoms with van der Waals surface area (Å²) in [5.74, 6) is 1.07. The maximum atomic E-state index is 12.3. The molecule has 0 spiro atoms. The number of halogens is 2. The first-order valence-corrected chi connectivity index (χ1v) is 11.6. The Morgan fingerprint density at radius 2 is 1.56 bits per heavy atom. The van der Waals surface area contributed by atoms with Crippen LogP contribution >= 0.6 is 23.2 Å². The topological polar surface area (TPSA) is 108 Å². The van der Waals surface area contributed by atoms with E-state index in [9.17, 15) is 13.2 Å². The standard InChI is InChI=1S/C22H20Cl2N2O5S/c1-13-5-15(23)9-17(7-13)31-18-8-14(2)6-16(10-18)30-12-22(27)26-21-4-3-19(11-20(21)24)32(25,28)29/h3-11H,12H2,1-2H3,(H,26,27)(H2,25,28,29). The molecule has 3 aromatic carbocycles. The first-order valence-electron chi connectivity index (χ1n) is 9.31. The van der Waals surface area contributed by atoms with Crippen molar-refractivity contribution in [1.29, 1.82) is 0 Å². The molecule has 0 fully saturated rings. The predicted molar refractivity (Wildman–Crippen MR) is 124 cm³/mol. The zero-order chi connectivity index (χ0) is 23.5. The van der Waals surface area contributed by atoms with Crippen molar-refractivity contribution in [1.82, 2.24) is 0 Å². The van der Waals surface area contributed by atoms with Gasteiger partial charge in [-0.2, -0.15) is 0 Å². The Kier molecular flexibility index (Phi) is 7.30. The van der Waals surface area contributed by atoms with E-state index in [0.29, 0.717) is 22.3 Å². The summed E-state index contributed by atoms with van der Waals surface area (Å²) < 4.78 is 34.2. The number of sulfonamides is 1. The number of benzene rings is 3. The van der Waals surface area contributed by atoms with Gasteiger partial charge in [0, 0.05) is 11.1 Å². The Labute approximate surface area is 196 Å². The second-order valence-corrected chi connectivity index (χ2v) is 9.48. The number of amides is 1. The SMILES string of the molecule is Cc1cc(Cl)cc(Oc2cc(C)cc(OCC(=O)Nc3ccc(S(N)(=O)=O)cc3Cl)c2)c1. The van der Waals surface area contributed by atoms with Crippen LogP contribution in [0.3, 0.4) is 0 Å². The Balaban J connectivity index is 1.66. The molecule has 3 aromatic rings. The zero-order valence-corrected chi connectivity index (χ0v) is 19.5. The van der Waals surface area contributed by atoms with Crippen molar-refractivity contribution in [3.8, 4) is 17.2 Å². The Morgan fingerprint density at radius 3 is 2.19 bits per heavy atom. The highest BCUT2D eigenvalue weighted by molar-refractivity contribution is 7.89. The molecule has 168 valence electrons. The van der Waals surface area contributed by atoms with Gasteiger partial charge in [-0.1, -0.05) is 23.2 Å². The van der Waals surface area contributed by atoms with E-state index in [2.05, 4.69) is 5.32 Å². The molecule has 0 atom stereocenters. The van der Waals surface area contributed by atoms with Gasteiger partial charge < -0.3 is 14.8 Å². The second-order valence-electron chi connectivity index (χ2n) is 7.07. The Bertz CT molecular complexity index is 1260. The number of nitrogens with one attached hydrogen (secondary N) is 1. The van der Waals surface area contributed by atoms with Crippen molar-refractivity contribution >= 4 is 44.8 Å². The molecule has 3 rings (SSSR count). The molecule has 0 radical (unpaired) electrons. The van der Waals surface area contributed by atoms with E-state index >= 15 is 0 Å². The van der Waals surface area contributed by atoms with E-state index in [1.165, 1.54) is 12.1 Å². The Morgan fingerprint density at radius 1 is 0.938 bits per heavy atom. The fourth-order valence-electron chi connectivity index (χ4n) is 2.86. The fraction of sp³-hybridized carbons (Fsp3) is 0.136. The number of carbonyl (C=O) groups is 1. The lowest BCUT2D eigenvalue weighted by Gasteiger charge is -2.12. The maximum Gasteiger partial charge on any atom is 0.262 e. The van der Waals surface area contributed by atoms with Gasteiger partial charge in [0.15, 0.2) is 6.61 Å². The highest BCUT2D eigenvalue weighted by atomic mass is 35.5. The average Bonchev–Trinajstić information content (AvgIpc) is 2.66. The van der Waals surface area contributed by atoms with Gasteiger partial charge in [-0.3, -0.25) is 4.79 Å². The van der Waals surface area contributed by atoms with Gasteiger partial charge in [0.25, 0.3) is 5.91 Å². The number of ether oxygens (including phenoxy) is 2. The van der Waals surface area contributed by atoms with Crippen LogP contribution in [0.2, 0.25) is 10.0 Å². The molecule has 1 amide bonds. The van der Waals surface area contributed by atoms with Crippen LogP contribution in [0.1, 0.15) is 11.1 Å². The molecule has 0 aliphatic rings. The van der Waals surface area contributed by atoms with E-state index in [1.807, 2.05) is 32.0 Å². The lowest BCUT2D eigenvalue weighted by Crippen LogP contribution is -2.20. The molecule has 32 heavy (non-hydrogen) atoms. The minimum atomic E-state index is -3.89. The third-order valence-electron chi connectivity index (χ3n) is 4.19. The fourth-order valence-corrected chi connectivity index (χ4v) is 3.98. The monoisotopic (exact) mass is 494 g/mol. The summed E-state index contributed by atoms with van der Waals surface area (Å²) in [6.07, 6.45) is 0. The number of hydrogen-bond acceptors (Lipinski definition) is 5. The van der Waals surface area contributed by atoms with Crippen LogP contribution in [-0.2, 0) is 14.8 Å². The van der Waals surface area contributed by atoms with Crippen molar-refractivity contribution in [2.75, 3.05) is 11.9 Å². The molecule has 0 saturated carbocycles. The first-order chi connectivity index (χ1) is 15.0. The van der Waals surface area contributed by atoms with Crippen molar-refractivity contribution in [3.05, 3.63) is 75.8 Å². The molecule has 0 saturated heterocycles. The quantitative estimate of drug-likeness (QED) is 0.476. The molecule has 0 aliphatic heterocycles. The summed E-state index contributed by atoms with van der Waals surface area (Å²) in [7, 11) is -3.89. The van der Waals surface area contributed by atoms with Crippen LogP contribution < -0.4 is 19.9 Å². The van der Waals surface area contributed by atoms with Crippen LogP contribution in [-0.4, -0.2) is 20.9 Å². The van der Waals surface area contributed by atoms with E-state index in [0.717, 1.165) is 17.2 Å². The van der Waals surface area contributed by atoms with Gasteiger partial charge >= 0.3 is 0 Å². The summed E-state index contributed by atoms with van der Waals surface area (Å²) in [6, 6.07) is 14.4. The number of anilines is 1. The number of carbonyl (C=O) groups excluding carboxylic acids is 1. The molecular formula is C22H20Cl2N2O5S. The minimum Gasteiger partial charge on any atom is -0.484 e. The van der Waals surface area contributed by atoms with E-state index in [-0.39, 0.29) is 22.2 Å². The molecule has 10 heteroatoms. The van der Waals surface area contributed by atoms with E-state index in [1.54, 1.807) is 18.2 Å². The van der Waals surface area contributed by atoms with Gasteiger partial charge in [0.05, 0.1) is 15.6 Å². The lowest BCUT2D eigenvalue weighted by molar-refractivity contribution is -0.118. The van der Waals surface area contributed by atoms with Crippen LogP contribution in [0, 0.1) is 13.8 Å². The zero-order valence-electron chi connectivity index (χ0n) is 17.2. The molecule has 3 N–H and O–H groups in total. The third kappa shape index (κ3) is 6.61. The molecular weight excluding hydrogens is 475 g/mol. The first kappa shape index (κ1) is 23.9. The lowest BCUT2D eigenvalue weighted by atomic mass is 10.2. The molecule has 0 aliphatic carbocycles. The average molecular weight is 495 g/mol. The number of rotatable bonds is 7. The smallest absolute Gasteiger partial charge is 0.262 e. The number of aryl methyl sites for hydroxylation is 2. The van der Waals surface area contributed by atoms with Gasteiger partial charge in [-0.05, 0) is 73.5 Å². The number of hydrogen-bond donors (Lipinski definition) is 2. The van der Waals surface area contributed by atoms with Gasteiger partial charge in [-0.25, -0.2) is 13.6 Å².